The highest BCUT2D eigenvalue weighted by molar-refractivity contribution is 7.92. The van der Waals surface area contributed by atoms with Crippen molar-refractivity contribution < 1.29 is 17.9 Å². The molecule has 0 aliphatic rings. The number of amides is 1. The molecule has 0 unspecified atom stereocenters. The van der Waals surface area contributed by atoms with Crippen LogP contribution >= 0.6 is 0 Å². The minimum atomic E-state index is -3.97. The first kappa shape index (κ1) is 25.3. The minimum Gasteiger partial charge on any atom is -0.494 e. The molecule has 0 spiro atoms. The van der Waals surface area contributed by atoms with Gasteiger partial charge in [-0.05, 0) is 75.6 Å². The lowest BCUT2D eigenvalue weighted by Gasteiger charge is -2.25. The highest BCUT2D eigenvalue weighted by Gasteiger charge is 2.27. The summed E-state index contributed by atoms with van der Waals surface area (Å²) in [5.41, 5.74) is 2.63. The van der Waals surface area contributed by atoms with Gasteiger partial charge in [0.05, 0.1) is 17.2 Å². The topological polar surface area (TPSA) is 75.7 Å². The van der Waals surface area contributed by atoms with Gasteiger partial charge in [0, 0.05) is 6.04 Å². The van der Waals surface area contributed by atoms with Crippen molar-refractivity contribution in [3.05, 3.63) is 90.0 Å². The van der Waals surface area contributed by atoms with Crippen molar-refractivity contribution in [3.63, 3.8) is 0 Å². The Hall–Kier alpha value is -3.32. The summed E-state index contributed by atoms with van der Waals surface area (Å²) >= 11 is 0. The van der Waals surface area contributed by atoms with Crippen LogP contribution in [0.1, 0.15) is 31.4 Å². The molecule has 0 saturated heterocycles. The van der Waals surface area contributed by atoms with E-state index in [4.69, 9.17) is 4.74 Å². The predicted octanol–water partition coefficient (Wildman–Crippen LogP) is 4.73. The van der Waals surface area contributed by atoms with Crippen molar-refractivity contribution in [1.82, 2.24) is 5.32 Å². The van der Waals surface area contributed by atoms with Gasteiger partial charge < -0.3 is 10.1 Å². The van der Waals surface area contributed by atoms with Crippen LogP contribution in [0.5, 0.6) is 5.75 Å². The summed E-state index contributed by atoms with van der Waals surface area (Å²) in [4.78, 5) is 13.0. The van der Waals surface area contributed by atoms with Crippen molar-refractivity contribution in [2.24, 2.45) is 0 Å². The lowest BCUT2D eigenvalue weighted by molar-refractivity contribution is -0.120. The van der Waals surface area contributed by atoms with Crippen molar-refractivity contribution in [3.8, 4) is 5.75 Å². The van der Waals surface area contributed by atoms with Crippen LogP contribution < -0.4 is 14.4 Å². The summed E-state index contributed by atoms with van der Waals surface area (Å²) in [5, 5.41) is 2.95. The van der Waals surface area contributed by atoms with Crippen molar-refractivity contribution in [1.29, 1.82) is 0 Å². The first-order valence-corrected chi connectivity index (χ1v) is 12.9. The van der Waals surface area contributed by atoms with Crippen LogP contribution in [-0.2, 0) is 21.2 Å². The second kappa shape index (κ2) is 11.7. The maximum absolute atomic E-state index is 13.5. The van der Waals surface area contributed by atoms with Crippen molar-refractivity contribution >= 4 is 21.6 Å². The van der Waals surface area contributed by atoms with E-state index >= 15 is 0 Å². The molecular formula is C27H32N2O4S. The second-order valence-corrected chi connectivity index (χ2v) is 10.1. The van der Waals surface area contributed by atoms with E-state index in [9.17, 15) is 13.2 Å². The molecular weight excluding hydrogens is 448 g/mol. The number of nitrogens with one attached hydrogen (secondary N) is 1. The smallest absolute Gasteiger partial charge is 0.264 e. The van der Waals surface area contributed by atoms with E-state index in [1.807, 2.05) is 51.1 Å². The number of hydrogen-bond acceptors (Lipinski definition) is 4. The number of sulfonamides is 1. The fourth-order valence-electron chi connectivity index (χ4n) is 3.58. The van der Waals surface area contributed by atoms with Gasteiger partial charge in [0.2, 0.25) is 5.91 Å². The maximum Gasteiger partial charge on any atom is 0.264 e. The third-order valence-corrected chi connectivity index (χ3v) is 7.24. The molecule has 0 aromatic heterocycles. The zero-order chi connectivity index (χ0) is 24.6. The molecule has 0 bridgehead atoms. The number of rotatable bonds is 11. The van der Waals surface area contributed by atoms with Crippen LogP contribution in [0.25, 0.3) is 0 Å². The monoisotopic (exact) mass is 480 g/mol. The molecule has 1 amide bonds. The Morgan fingerprint density at radius 2 is 1.62 bits per heavy atom. The highest BCUT2D eigenvalue weighted by atomic mass is 32.2. The standard InChI is InChI=1S/C27H32N2O4S/c1-4-33-25-16-18-26(19-17-25)34(31,32)29(24-14-10-21(2)11-15-24)20-27(30)28-22(3)12-13-23-8-6-5-7-9-23/h5-11,14-19,22H,4,12-13,20H2,1-3H3,(H,28,30)/t22-/m0/s1. The van der Waals surface area contributed by atoms with Gasteiger partial charge in [-0.25, -0.2) is 8.42 Å². The molecule has 3 aromatic carbocycles. The molecule has 180 valence electrons. The van der Waals surface area contributed by atoms with Gasteiger partial charge in [-0.1, -0.05) is 48.0 Å². The third-order valence-electron chi connectivity index (χ3n) is 5.45. The van der Waals surface area contributed by atoms with Gasteiger partial charge in [0.25, 0.3) is 10.0 Å². The quantitative estimate of drug-likeness (QED) is 0.431. The average Bonchev–Trinajstić information content (AvgIpc) is 2.83. The van der Waals surface area contributed by atoms with Crippen LogP contribution in [0.3, 0.4) is 0 Å². The van der Waals surface area contributed by atoms with Crippen LogP contribution in [0.15, 0.2) is 83.8 Å². The largest absolute Gasteiger partial charge is 0.494 e. The first-order chi connectivity index (χ1) is 16.3. The average molecular weight is 481 g/mol. The molecule has 0 aliphatic heterocycles. The Labute approximate surface area is 202 Å². The molecule has 0 saturated carbocycles. The Morgan fingerprint density at radius 1 is 0.971 bits per heavy atom. The summed E-state index contributed by atoms with van der Waals surface area (Å²) in [7, 11) is -3.97. The highest BCUT2D eigenvalue weighted by Crippen LogP contribution is 2.25. The molecule has 34 heavy (non-hydrogen) atoms. The van der Waals surface area contributed by atoms with E-state index in [-0.39, 0.29) is 23.4 Å². The molecule has 3 aromatic rings. The summed E-state index contributed by atoms with van der Waals surface area (Å²) in [6.07, 6.45) is 1.58. The summed E-state index contributed by atoms with van der Waals surface area (Å²) in [6, 6.07) is 23.3. The number of anilines is 1. The Balaban J connectivity index is 1.76. The zero-order valence-corrected chi connectivity index (χ0v) is 20.7. The Bertz CT molecular complexity index is 1160. The Morgan fingerprint density at radius 3 is 2.24 bits per heavy atom. The molecule has 1 atom stereocenters. The SMILES string of the molecule is CCOc1ccc(S(=O)(=O)N(CC(=O)N[C@@H](C)CCc2ccccc2)c2ccc(C)cc2)cc1. The van der Waals surface area contributed by atoms with E-state index in [0.717, 1.165) is 22.7 Å². The molecule has 0 aliphatic carbocycles. The van der Waals surface area contributed by atoms with Crippen LogP contribution in [0.4, 0.5) is 5.69 Å². The number of benzene rings is 3. The van der Waals surface area contributed by atoms with Crippen LogP contribution in [-0.4, -0.2) is 33.5 Å². The fourth-order valence-corrected chi connectivity index (χ4v) is 5.00. The maximum atomic E-state index is 13.5. The van der Waals surface area contributed by atoms with Gasteiger partial charge >= 0.3 is 0 Å². The molecule has 1 N–H and O–H groups in total. The van der Waals surface area contributed by atoms with Gasteiger partial charge in [0.15, 0.2) is 0 Å². The molecule has 3 rings (SSSR count). The zero-order valence-electron chi connectivity index (χ0n) is 19.9. The molecule has 6 nitrogen and oxygen atoms in total. The number of carbonyl (C=O) groups excluding carboxylic acids is 1. The van der Waals surface area contributed by atoms with Crippen LogP contribution in [0, 0.1) is 6.92 Å². The van der Waals surface area contributed by atoms with Gasteiger partial charge in [0.1, 0.15) is 12.3 Å². The van der Waals surface area contributed by atoms with Crippen molar-refractivity contribution in [2.45, 2.75) is 44.6 Å². The molecule has 0 heterocycles. The molecule has 7 heteroatoms. The van der Waals surface area contributed by atoms with Gasteiger partial charge in [-0.3, -0.25) is 9.10 Å². The van der Waals surface area contributed by atoms with Crippen molar-refractivity contribution in [2.75, 3.05) is 17.5 Å². The second-order valence-electron chi connectivity index (χ2n) is 8.24. The van der Waals surface area contributed by atoms with E-state index in [2.05, 4.69) is 17.4 Å². The molecule has 0 fully saturated rings. The first-order valence-electron chi connectivity index (χ1n) is 11.4. The predicted molar refractivity (Wildman–Crippen MR) is 136 cm³/mol. The van der Waals surface area contributed by atoms with E-state index in [1.54, 1.807) is 24.3 Å². The minimum absolute atomic E-state index is 0.0965. The van der Waals surface area contributed by atoms with E-state index in [1.165, 1.54) is 17.7 Å². The summed E-state index contributed by atoms with van der Waals surface area (Å²) in [5.74, 6) is 0.240. The van der Waals surface area contributed by atoms with Gasteiger partial charge in [-0.2, -0.15) is 0 Å². The molecule has 0 radical (unpaired) electrons. The number of hydrogen-bond donors (Lipinski definition) is 1. The summed E-state index contributed by atoms with van der Waals surface area (Å²) in [6.45, 7) is 5.90. The van der Waals surface area contributed by atoms with Crippen LogP contribution in [0.2, 0.25) is 0 Å². The number of carbonyl (C=O) groups is 1. The summed E-state index contributed by atoms with van der Waals surface area (Å²) < 4.78 is 33.6. The number of nitrogens with zero attached hydrogens (tertiary/aromatic N) is 1. The third kappa shape index (κ3) is 6.84. The number of aryl methyl sites for hydroxylation is 2. The van der Waals surface area contributed by atoms with Gasteiger partial charge in [-0.15, -0.1) is 0 Å². The lowest BCUT2D eigenvalue weighted by Crippen LogP contribution is -2.43. The fraction of sp³-hybridized carbons (Fsp3) is 0.296. The normalized spacial score (nSPS) is 12.1. The Kier molecular flexibility index (Phi) is 8.71. The lowest BCUT2D eigenvalue weighted by atomic mass is 10.1. The van der Waals surface area contributed by atoms with E-state index < -0.39 is 10.0 Å². The van der Waals surface area contributed by atoms with E-state index in [0.29, 0.717) is 18.0 Å². The number of ether oxygens (including phenoxy) is 1.